The van der Waals surface area contributed by atoms with Gasteiger partial charge in [-0.1, -0.05) is 15.9 Å². The average Bonchev–Trinajstić information content (AvgIpc) is 2.70. The summed E-state index contributed by atoms with van der Waals surface area (Å²) in [6, 6.07) is 5.66. The number of alkyl halides is 1. The first-order valence-electron chi connectivity index (χ1n) is 6.20. The molecule has 1 aliphatic rings. The Morgan fingerprint density at radius 3 is 2.63 bits per heavy atom. The molecule has 0 saturated carbocycles. The predicted octanol–water partition coefficient (Wildman–Crippen LogP) is 2.71. The second-order valence-corrected chi connectivity index (χ2v) is 7.17. The van der Waals surface area contributed by atoms with E-state index in [1.165, 1.54) is 0 Å². The van der Waals surface area contributed by atoms with E-state index in [0.29, 0.717) is 6.54 Å². The molecule has 0 spiro atoms. The van der Waals surface area contributed by atoms with Crippen LogP contribution in [0.1, 0.15) is 26.3 Å². The van der Waals surface area contributed by atoms with Crippen LogP contribution >= 0.6 is 15.9 Å². The molecule has 1 N–H and O–H groups in total. The van der Waals surface area contributed by atoms with Crippen LogP contribution in [0.4, 0.5) is 11.4 Å². The standard InChI is InChI=1S/C14H17BrN2O2/c1-9(18)17-7-6-10-8-11(4-5-12(10)17)16-13(19)14(2,3)15/h4-5,8H,6-7H2,1-3H3,(H,16,19). The lowest BCUT2D eigenvalue weighted by molar-refractivity contribution is -0.117. The van der Waals surface area contributed by atoms with Gasteiger partial charge in [-0.3, -0.25) is 9.59 Å². The fraction of sp³-hybridized carbons (Fsp3) is 0.429. The molecule has 2 rings (SSSR count). The molecule has 1 aliphatic heterocycles. The number of hydrogen-bond donors (Lipinski definition) is 1. The van der Waals surface area contributed by atoms with Gasteiger partial charge >= 0.3 is 0 Å². The molecule has 1 aromatic rings. The summed E-state index contributed by atoms with van der Waals surface area (Å²) in [5.41, 5.74) is 2.81. The summed E-state index contributed by atoms with van der Waals surface area (Å²) in [4.78, 5) is 25.1. The minimum atomic E-state index is -0.600. The second-order valence-electron chi connectivity index (χ2n) is 5.19. The number of nitrogens with one attached hydrogen (secondary N) is 1. The minimum absolute atomic E-state index is 0.0529. The lowest BCUT2D eigenvalue weighted by Crippen LogP contribution is -2.31. The van der Waals surface area contributed by atoms with Crippen LogP contribution in [0.15, 0.2) is 18.2 Å². The van der Waals surface area contributed by atoms with Crippen LogP contribution in [0.5, 0.6) is 0 Å². The van der Waals surface area contributed by atoms with Gasteiger partial charge in [-0.15, -0.1) is 0 Å². The Labute approximate surface area is 121 Å². The zero-order valence-electron chi connectivity index (χ0n) is 11.3. The molecular weight excluding hydrogens is 308 g/mol. The molecule has 0 aliphatic carbocycles. The predicted molar refractivity (Wildman–Crippen MR) is 79.8 cm³/mol. The third kappa shape index (κ3) is 2.97. The zero-order chi connectivity index (χ0) is 14.2. The number of carbonyl (C=O) groups excluding carboxylic acids is 2. The van der Waals surface area contributed by atoms with Gasteiger partial charge in [0.05, 0.1) is 4.32 Å². The van der Waals surface area contributed by atoms with Gasteiger partial charge < -0.3 is 10.2 Å². The smallest absolute Gasteiger partial charge is 0.240 e. The van der Waals surface area contributed by atoms with Crippen molar-refractivity contribution < 1.29 is 9.59 Å². The summed E-state index contributed by atoms with van der Waals surface area (Å²) >= 11 is 3.33. The third-order valence-electron chi connectivity index (χ3n) is 3.15. The molecule has 102 valence electrons. The van der Waals surface area contributed by atoms with Crippen molar-refractivity contribution in [3.63, 3.8) is 0 Å². The van der Waals surface area contributed by atoms with E-state index in [4.69, 9.17) is 0 Å². The van der Waals surface area contributed by atoms with Crippen molar-refractivity contribution in [3.05, 3.63) is 23.8 Å². The SMILES string of the molecule is CC(=O)N1CCc2cc(NC(=O)C(C)(C)Br)ccc21. The van der Waals surface area contributed by atoms with Gasteiger partial charge in [-0.25, -0.2) is 0 Å². The van der Waals surface area contributed by atoms with Gasteiger partial charge in [0.15, 0.2) is 0 Å². The molecule has 0 aromatic heterocycles. The van der Waals surface area contributed by atoms with Crippen molar-refractivity contribution >= 4 is 39.1 Å². The Balaban J connectivity index is 2.20. The fourth-order valence-corrected chi connectivity index (χ4v) is 2.19. The number of benzene rings is 1. The first-order chi connectivity index (χ1) is 8.79. The Morgan fingerprint density at radius 2 is 2.05 bits per heavy atom. The maximum Gasteiger partial charge on any atom is 0.240 e. The van der Waals surface area contributed by atoms with E-state index in [0.717, 1.165) is 23.4 Å². The zero-order valence-corrected chi connectivity index (χ0v) is 12.9. The molecule has 0 unspecified atom stereocenters. The highest BCUT2D eigenvalue weighted by Crippen LogP contribution is 2.31. The number of carbonyl (C=O) groups is 2. The van der Waals surface area contributed by atoms with Crippen molar-refractivity contribution in [1.29, 1.82) is 0 Å². The van der Waals surface area contributed by atoms with Gasteiger partial charge in [-0.05, 0) is 44.0 Å². The molecule has 0 radical (unpaired) electrons. The number of nitrogens with zero attached hydrogens (tertiary/aromatic N) is 1. The Kier molecular flexibility index (Phi) is 3.67. The molecule has 0 atom stereocenters. The molecule has 4 nitrogen and oxygen atoms in total. The normalized spacial score (nSPS) is 14.2. The van der Waals surface area contributed by atoms with Crippen LogP contribution in [-0.2, 0) is 16.0 Å². The van der Waals surface area contributed by atoms with E-state index in [9.17, 15) is 9.59 Å². The average molecular weight is 325 g/mol. The van der Waals surface area contributed by atoms with Crippen molar-refractivity contribution in [3.8, 4) is 0 Å². The molecule has 0 bridgehead atoms. The van der Waals surface area contributed by atoms with Crippen LogP contribution in [0.25, 0.3) is 0 Å². The van der Waals surface area contributed by atoms with Gasteiger partial charge in [0.2, 0.25) is 11.8 Å². The van der Waals surface area contributed by atoms with Crippen molar-refractivity contribution in [2.45, 2.75) is 31.5 Å². The first-order valence-corrected chi connectivity index (χ1v) is 7.00. The van der Waals surface area contributed by atoms with E-state index in [1.807, 2.05) is 18.2 Å². The van der Waals surface area contributed by atoms with E-state index >= 15 is 0 Å². The van der Waals surface area contributed by atoms with Crippen molar-refractivity contribution in [2.75, 3.05) is 16.8 Å². The lowest BCUT2D eigenvalue weighted by atomic mass is 10.1. The third-order valence-corrected chi connectivity index (χ3v) is 3.51. The Bertz CT molecular complexity index is 535. The number of anilines is 2. The summed E-state index contributed by atoms with van der Waals surface area (Å²) in [6.07, 6.45) is 0.830. The molecule has 0 fully saturated rings. The van der Waals surface area contributed by atoms with Gasteiger partial charge in [0.1, 0.15) is 0 Å². The van der Waals surface area contributed by atoms with Crippen molar-refractivity contribution in [1.82, 2.24) is 0 Å². The maximum absolute atomic E-state index is 11.9. The van der Waals surface area contributed by atoms with E-state index < -0.39 is 4.32 Å². The summed E-state index contributed by atoms with van der Waals surface area (Å²) in [7, 11) is 0. The Morgan fingerprint density at radius 1 is 1.37 bits per heavy atom. The summed E-state index contributed by atoms with van der Waals surface area (Å²) in [5.74, 6) is -0.0361. The first kappa shape index (κ1) is 14.1. The minimum Gasteiger partial charge on any atom is -0.325 e. The second kappa shape index (κ2) is 4.96. The summed E-state index contributed by atoms with van der Waals surface area (Å²) < 4.78 is -0.600. The van der Waals surface area contributed by atoms with Crippen LogP contribution in [0, 0.1) is 0 Å². The van der Waals surface area contributed by atoms with E-state index in [1.54, 1.807) is 25.7 Å². The van der Waals surface area contributed by atoms with E-state index in [-0.39, 0.29) is 11.8 Å². The molecule has 19 heavy (non-hydrogen) atoms. The summed E-state index contributed by atoms with van der Waals surface area (Å²) in [6.45, 7) is 5.88. The highest BCUT2D eigenvalue weighted by molar-refractivity contribution is 9.10. The van der Waals surface area contributed by atoms with Gasteiger partial charge in [0, 0.05) is 24.8 Å². The monoisotopic (exact) mass is 324 g/mol. The maximum atomic E-state index is 11.9. The highest BCUT2D eigenvalue weighted by atomic mass is 79.9. The number of fused-ring (bicyclic) bond motifs is 1. The number of rotatable bonds is 2. The largest absolute Gasteiger partial charge is 0.325 e. The van der Waals surface area contributed by atoms with Gasteiger partial charge in [0.25, 0.3) is 0 Å². The van der Waals surface area contributed by atoms with Crippen LogP contribution in [0.3, 0.4) is 0 Å². The number of hydrogen-bond acceptors (Lipinski definition) is 2. The molecule has 1 aromatic carbocycles. The quantitative estimate of drug-likeness (QED) is 0.850. The lowest BCUT2D eigenvalue weighted by Gasteiger charge is -2.17. The van der Waals surface area contributed by atoms with Gasteiger partial charge in [-0.2, -0.15) is 0 Å². The topological polar surface area (TPSA) is 49.4 Å². The summed E-state index contributed by atoms with van der Waals surface area (Å²) in [5, 5.41) is 2.87. The van der Waals surface area contributed by atoms with E-state index in [2.05, 4.69) is 21.2 Å². The fourth-order valence-electron chi connectivity index (χ4n) is 2.09. The molecule has 5 heteroatoms. The van der Waals surface area contributed by atoms with Crippen LogP contribution in [0.2, 0.25) is 0 Å². The number of halogens is 1. The van der Waals surface area contributed by atoms with Crippen LogP contribution in [-0.4, -0.2) is 22.7 Å². The highest BCUT2D eigenvalue weighted by Gasteiger charge is 2.25. The molecule has 2 amide bonds. The molecular formula is C14H17BrN2O2. The molecule has 1 heterocycles. The Hall–Kier alpha value is -1.36. The molecule has 0 saturated heterocycles. The number of amides is 2. The van der Waals surface area contributed by atoms with Crippen molar-refractivity contribution in [2.24, 2.45) is 0 Å². The van der Waals surface area contributed by atoms with Crippen LogP contribution < -0.4 is 10.2 Å².